The van der Waals surface area contributed by atoms with E-state index in [2.05, 4.69) is 47.2 Å². The van der Waals surface area contributed by atoms with Crippen molar-refractivity contribution in [3.05, 3.63) is 53.6 Å². The summed E-state index contributed by atoms with van der Waals surface area (Å²) in [5.74, 6) is 3.49. The Balaban J connectivity index is 1.41. The highest BCUT2D eigenvalue weighted by atomic mass is 16.5. The maximum atomic E-state index is 5.53. The fourth-order valence-corrected chi connectivity index (χ4v) is 4.27. The van der Waals surface area contributed by atoms with Crippen LogP contribution in [0, 0.1) is 5.92 Å². The lowest BCUT2D eigenvalue weighted by molar-refractivity contribution is 0.153. The minimum absolute atomic E-state index is 0.754. The summed E-state index contributed by atoms with van der Waals surface area (Å²) >= 11 is 0. The van der Waals surface area contributed by atoms with Crippen molar-refractivity contribution in [2.75, 3.05) is 54.6 Å². The van der Waals surface area contributed by atoms with Crippen LogP contribution in [0.25, 0.3) is 0 Å². The van der Waals surface area contributed by atoms with Crippen molar-refractivity contribution in [3.8, 4) is 17.2 Å². The first-order chi connectivity index (χ1) is 14.6. The number of rotatable bonds is 10. The molecule has 0 bridgehead atoms. The van der Waals surface area contributed by atoms with Gasteiger partial charge in [0.25, 0.3) is 0 Å². The molecule has 2 aromatic carbocycles. The van der Waals surface area contributed by atoms with E-state index in [-0.39, 0.29) is 0 Å². The first-order valence-corrected chi connectivity index (χ1v) is 10.9. The van der Waals surface area contributed by atoms with E-state index in [0.717, 1.165) is 49.2 Å². The van der Waals surface area contributed by atoms with E-state index in [1.54, 1.807) is 21.3 Å². The maximum absolute atomic E-state index is 5.53. The smallest absolute Gasteiger partial charge is 0.123 e. The van der Waals surface area contributed by atoms with Gasteiger partial charge in [-0.3, -0.25) is 0 Å². The van der Waals surface area contributed by atoms with Crippen LogP contribution in [0.4, 0.5) is 0 Å². The number of benzene rings is 2. The van der Waals surface area contributed by atoms with Crippen molar-refractivity contribution < 1.29 is 14.2 Å². The minimum Gasteiger partial charge on any atom is -0.497 e. The van der Waals surface area contributed by atoms with Crippen molar-refractivity contribution in [1.29, 1.82) is 0 Å². The van der Waals surface area contributed by atoms with Crippen LogP contribution in [-0.4, -0.2) is 64.4 Å². The molecule has 0 spiro atoms. The van der Waals surface area contributed by atoms with Gasteiger partial charge in [-0.15, -0.1) is 0 Å². The molecule has 164 valence electrons. The first kappa shape index (κ1) is 22.4. The third-order valence-electron chi connectivity index (χ3n) is 6.08. The molecule has 1 fully saturated rings. The standard InChI is InChI=1S/C25H36N2O3/c1-26(19-22-17-24(29-3)9-10-25(22)30-4)18-21-12-15-27(16-13-21)14-11-20-5-7-23(28-2)8-6-20/h5-10,17,21H,11-16,18-19H2,1-4H3. The van der Waals surface area contributed by atoms with Crippen molar-refractivity contribution in [2.24, 2.45) is 5.92 Å². The van der Waals surface area contributed by atoms with Crippen molar-refractivity contribution >= 4 is 0 Å². The maximum Gasteiger partial charge on any atom is 0.123 e. The van der Waals surface area contributed by atoms with Crippen molar-refractivity contribution in [1.82, 2.24) is 9.80 Å². The molecule has 2 aromatic rings. The van der Waals surface area contributed by atoms with Crippen LogP contribution >= 0.6 is 0 Å². The Morgan fingerprint density at radius 1 is 0.900 bits per heavy atom. The molecule has 0 N–H and O–H groups in total. The number of likely N-dealkylation sites (tertiary alicyclic amines) is 1. The van der Waals surface area contributed by atoms with E-state index >= 15 is 0 Å². The Kier molecular flexibility index (Phi) is 8.40. The van der Waals surface area contributed by atoms with Crippen LogP contribution in [0.1, 0.15) is 24.0 Å². The fraction of sp³-hybridized carbons (Fsp3) is 0.520. The molecule has 30 heavy (non-hydrogen) atoms. The summed E-state index contributed by atoms with van der Waals surface area (Å²) in [5.41, 5.74) is 2.56. The van der Waals surface area contributed by atoms with Gasteiger partial charge in [0.2, 0.25) is 0 Å². The van der Waals surface area contributed by atoms with Gasteiger partial charge < -0.3 is 24.0 Å². The summed E-state index contributed by atoms with van der Waals surface area (Å²) < 4.78 is 16.1. The van der Waals surface area contributed by atoms with Gasteiger partial charge in [-0.25, -0.2) is 0 Å². The first-order valence-electron chi connectivity index (χ1n) is 10.9. The van der Waals surface area contributed by atoms with Crippen molar-refractivity contribution in [2.45, 2.75) is 25.8 Å². The van der Waals surface area contributed by atoms with Gasteiger partial charge in [-0.05, 0) is 81.2 Å². The summed E-state index contributed by atoms with van der Waals surface area (Å²) in [6.07, 6.45) is 3.63. The Morgan fingerprint density at radius 3 is 2.20 bits per heavy atom. The minimum atomic E-state index is 0.754. The average Bonchev–Trinajstić information content (AvgIpc) is 2.78. The molecule has 0 amide bonds. The van der Waals surface area contributed by atoms with Crippen LogP contribution in [0.15, 0.2) is 42.5 Å². The summed E-state index contributed by atoms with van der Waals surface area (Å²) in [6, 6.07) is 14.5. The highest BCUT2D eigenvalue weighted by Crippen LogP contribution is 2.26. The Labute approximate surface area is 181 Å². The fourth-order valence-electron chi connectivity index (χ4n) is 4.27. The molecule has 0 aliphatic carbocycles. The summed E-state index contributed by atoms with van der Waals surface area (Å²) in [5, 5.41) is 0. The number of ether oxygens (including phenoxy) is 3. The molecule has 0 unspecified atom stereocenters. The summed E-state index contributed by atoms with van der Waals surface area (Å²) in [7, 11) is 7.35. The third kappa shape index (κ3) is 6.38. The monoisotopic (exact) mass is 412 g/mol. The zero-order valence-corrected chi connectivity index (χ0v) is 18.9. The molecule has 0 saturated carbocycles. The van der Waals surface area contributed by atoms with Crippen LogP contribution in [0.3, 0.4) is 0 Å². The van der Waals surface area contributed by atoms with Crippen LogP contribution < -0.4 is 14.2 Å². The van der Waals surface area contributed by atoms with Crippen LogP contribution in [0.5, 0.6) is 17.2 Å². The zero-order chi connectivity index (χ0) is 21.3. The highest BCUT2D eigenvalue weighted by molar-refractivity contribution is 5.40. The number of hydrogen-bond acceptors (Lipinski definition) is 5. The normalized spacial score (nSPS) is 15.4. The van der Waals surface area contributed by atoms with Gasteiger partial charge in [0, 0.05) is 25.2 Å². The summed E-state index contributed by atoms with van der Waals surface area (Å²) in [6.45, 7) is 5.51. The number of nitrogens with zero attached hydrogens (tertiary/aromatic N) is 2. The summed E-state index contributed by atoms with van der Waals surface area (Å²) in [4.78, 5) is 5.01. The quantitative estimate of drug-likeness (QED) is 0.587. The van der Waals surface area contributed by atoms with E-state index in [0.29, 0.717) is 0 Å². The predicted octanol–water partition coefficient (Wildman–Crippen LogP) is 4.10. The van der Waals surface area contributed by atoms with E-state index in [4.69, 9.17) is 14.2 Å². The molecule has 1 aliphatic rings. The lowest BCUT2D eigenvalue weighted by Gasteiger charge is -2.34. The molecule has 0 aromatic heterocycles. The second kappa shape index (κ2) is 11.2. The van der Waals surface area contributed by atoms with Gasteiger partial charge in [0.1, 0.15) is 17.2 Å². The molecule has 1 heterocycles. The zero-order valence-electron chi connectivity index (χ0n) is 18.9. The molecule has 5 heteroatoms. The van der Waals surface area contributed by atoms with E-state index in [1.165, 1.54) is 37.1 Å². The predicted molar refractivity (Wildman–Crippen MR) is 122 cm³/mol. The molecule has 5 nitrogen and oxygen atoms in total. The van der Waals surface area contributed by atoms with Crippen LogP contribution in [-0.2, 0) is 13.0 Å². The number of methoxy groups -OCH3 is 3. The second-order valence-electron chi connectivity index (χ2n) is 8.26. The van der Waals surface area contributed by atoms with Gasteiger partial charge in [-0.2, -0.15) is 0 Å². The third-order valence-corrected chi connectivity index (χ3v) is 6.08. The Hall–Kier alpha value is -2.24. The molecule has 1 aliphatic heterocycles. The molecule has 3 rings (SSSR count). The van der Waals surface area contributed by atoms with Crippen LogP contribution in [0.2, 0.25) is 0 Å². The topological polar surface area (TPSA) is 34.2 Å². The van der Waals surface area contributed by atoms with Gasteiger partial charge in [0.15, 0.2) is 0 Å². The number of hydrogen-bond donors (Lipinski definition) is 0. The van der Waals surface area contributed by atoms with E-state index in [1.807, 2.05) is 12.1 Å². The molecule has 1 saturated heterocycles. The number of piperidine rings is 1. The van der Waals surface area contributed by atoms with Gasteiger partial charge in [-0.1, -0.05) is 12.1 Å². The molecular weight excluding hydrogens is 376 g/mol. The average molecular weight is 413 g/mol. The largest absolute Gasteiger partial charge is 0.497 e. The second-order valence-corrected chi connectivity index (χ2v) is 8.26. The molecule has 0 radical (unpaired) electrons. The Bertz CT molecular complexity index is 770. The SMILES string of the molecule is COc1ccc(CCN2CCC(CN(C)Cc3cc(OC)ccc3OC)CC2)cc1. The van der Waals surface area contributed by atoms with E-state index in [9.17, 15) is 0 Å². The van der Waals surface area contributed by atoms with Gasteiger partial charge in [0.05, 0.1) is 21.3 Å². The Morgan fingerprint density at radius 2 is 1.57 bits per heavy atom. The molecule has 0 atom stereocenters. The molecular formula is C25H36N2O3. The lowest BCUT2D eigenvalue weighted by Crippen LogP contribution is -2.38. The van der Waals surface area contributed by atoms with Crippen molar-refractivity contribution in [3.63, 3.8) is 0 Å². The highest BCUT2D eigenvalue weighted by Gasteiger charge is 2.21. The van der Waals surface area contributed by atoms with Gasteiger partial charge >= 0.3 is 0 Å². The lowest BCUT2D eigenvalue weighted by atomic mass is 9.95. The van der Waals surface area contributed by atoms with E-state index < -0.39 is 0 Å².